The molecule has 0 saturated heterocycles. The van der Waals surface area contributed by atoms with Crippen molar-refractivity contribution in [1.29, 1.82) is 0 Å². The Morgan fingerprint density at radius 3 is 2.30 bits per heavy atom. The number of rotatable bonds is 4. The molecule has 12 heteroatoms. The van der Waals surface area contributed by atoms with Crippen LogP contribution in [-0.2, 0) is 18.9 Å². The van der Waals surface area contributed by atoms with Gasteiger partial charge in [0.05, 0.1) is 28.9 Å². The highest BCUT2D eigenvalue weighted by atomic mass is 19.4. The second kappa shape index (κ2) is 7.94. The summed E-state index contributed by atoms with van der Waals surface area (Å²) in [5.41, 5.74) is -1.56. The average molecular weight is 468 g/mol. The molecule has 0 atom stereocenters. The third-order valence-corrected chi connectivity index (χ3v) is 4.92. The minimum Gasteiger partial charge on any atom is -0.364 e. The minimum atomic E-state index is -4.73. The topological polar surface area (TPSA) is 73.0 Å². The Labute approximate surface area is 181 Å². The van der Waals surface area contributed by atoms with Gasteiger partial charge in [-0.3, -0.25) is 9.48 Å². The van der Waals surface area contributed by atoms with Crippen molar-refractivity contribution in [3.8, 4) is 0 Å². The third-order valence-electron chi connectivity index (χ3n) is 4.92. The molecule has 0 radical (unpaired) electrons. The van der Waals surface area contributed by atoms with Gasteiger partial charge in [0.25, 0.3) is 5.91 Å². The van der Waals surface area contributed by atoms with Crippen LogP contribution in [0.1, 0.15) is 32.7 Å². The monoisotopic (exact) mass is 468 g/mol. The van der Waals surface area contributed by atoms with Crippen molar-refractivity contribution in [3.63, 3.8) is 0 Å². The van der Waals surface area contributed by atoms with Gasteiger partial charge in [-0.05, 0) is 36.8 Å². The number of amides is 1. The van der Waals surface area contributed by atoms with E-state index in [0.29, 0.717) is 0 Å². The van der Waals surface area contributed by atoms with Crippen molar-refractivity contribution in [3.05, 3.63) is 76.7 Å². The van der Waals surface area contributed by atoms with E-state index >= 15 is 0 Å². The average Bonchev–Trinajstić information content (AvgIpc) is 3.31. The standard InChI is InChI=1S/C21H14F6N4O2/c1-11-15(10-33-30-11)19(32)28-18-14-3-2-4-16(21(25,26)27)17(14)31(29-18)9-12-5-7-13(8-6-12)20(22,23)24/h2-8,10H,9H2,1H3,(H,28,29,32). The first-order valence-corrected chi connectivity index (χ1v) is 9.40. The lowest BCUT2D eigenvalue weighted by Gasteiger charge is -2.12. The fourth-order valence-electron chi connectivity index (χ4n) is 3.33. The second-order valence-corrected chi connectivity index (χ2v) is 7.17. The number of fused-ring (bicyclic) bond motifs is 1. The number of halogens is 6. The van der Waals surface area contributed by atoms with Crippen LogP contribution in [0.5, 0.6) is 0 Å². The Kier molecular flexibility index (Phi) is 5.38. The van der Waals surface area contributed by atoms with E-state index in [1.807, 2.05) is 0 Å². The van der Waals surface area contributed by atoms with Crippen LogP contribution in [0.25, 0.3) is 10.9 Å². The molecule has 4 rings (SSSR count). The lowest BCUT2D eigenvalue weighted by Crippen LogP contribution is -2.13. The fraction of sp³-hybridized carbons (Fsp3) is 0.190. The number of aryl methyl sites for hydroxylation is 1. The van der Waals surface area contributed by atoms with Crippen LogP contribution in [0.2, 0.25) is 0 Å². The van der Waals surface area contributed by atoms with E-state index in [1.54, 1.807) is 0 Å². The van der Waals surface area contributed by atoms with Gasteiger partial charge in [0.1, 0.15) is 11.8 Å². The predicted octanol–water partition coefficient (Wildman–Crippen LogP) is 5.67. The predicted molar refractivity (Wildman–Crippen MR) is 104 cm³/mol. The molecule has 0 saturated carbocycles. The van der Waals surface area contributed by atoms with Crippen LogP contribution in [0, 0.1) is 6.92 Å². The van der Waals surface area contributed by atoms with Gasteiger partial charge < -0.3 is 9.84 Å². The summed E-state index contributed by atoms with van der Waals surface area (Å²) < 4.78 is 85.2. The third kappa shape index (κ3) is 4.41. The van der Waals surface area contributed by atoms with E-state index in [-0.39, 0.29) is 40.1 Å². The van der Waals surface area contributed by atoms with Gasteiger partial charge in [0.15, 0.2) is 5.82 Å². The number of benzene rings is 2. The normalized spacial score (nSPS) is 12.3. The van der Waals surface area contributed by atoms with Crippen LogP contribution in [0.4, 0.5) is 32.2 Å². The van der Waals surface area contributed by atoms with Gasteiger partial charge in [0, 0.05) is 5.39 Å². The van der Waals surface area contributed by atoms with Gasteiger partial charge in [-0.25, -0.2) is 0 Å². The summed E-state index contributed by atoms with van der Waals surface area (Å²) >= 11 is 0. The summed E-state index contributed by atoms with van der Waals surface area (Å²) in [6, 6.07) is 7.39. The molecule has 0 aliphatic rings. The number of alkyl halides is 6. The number of anilines is 1. The molecular formula is C21H14F6N4O2. The first-order chi connectivity index (χ1) is 15.4. The van der Waals surface area contributed by atoms with Gasteiger partial charge in [-0.2, -0.15) is 31.4 Å². The first-order valence-electron chi connectivity index (χ1n) is 9.40. The van der Waals surface area contributed by atoms with Crippen molar-refractivity contribution >= 4 is 22.6 Å². The molecule has 6 nitrogen and oxygen atoms in total. The molecule has 172 valence electrons. The number of carbonyl (C=O) groups excluding carboxylic acids is 1. The fourth-order valence-corrected chi connectivity index (χ4v) is 3.33. The molecule has 0 spiro atoms. The Hall–Kier alpha value is -3.83. The summed E-state index contributed by atoms with van der Waals surface area (Å²) in [7, 11) is 0. The molecule has 1 amide bonds. The molecule has 0 unspecified atom stereocenters. The zero-order chi connectivity index (χ0) is 24.0. The summed E-state index contributed by atoms with van der Waals surface area (Å²) in [4.78, 5) is 12.5. The Bertz CT molecular complexity index is 1320. The smallest absolute Gasteiger partial charge is 0.364 e. The van der Waals surface area contributed by atoms with Crippen molar-refractivity contribution in [2.24, 2.45) is 0 Å². The van der Waals surface area contributed by atoms with Crippen LogP contribution in [0.3, 0.4) is 0 Å². The van der Waals surface area contributed by atoms with Gasteiger partial charge in [0.2, 0.25) is 0 Å². The van der Waals surface area contributed by atoms with Crippen molar-refractivity contribution in [2.75, 3.05) is 5.32 Å². The van der Waals surface area contributed by atoms with Crippen LogP contribution < -0.4 is 5.32 Å². The van der Waals surface area contributed by atoms with Crippen LogP contribution >= 0.6 is 0 Å². The maximum Gasteiger partial charge on any atom is 0.418 e. The molecule has 2 heterocycles. The van der Waals surface area contributed by atoms with Crippen molar-refractivity contribution in [2.45, 2.75) is 25.8 Å². The van der Waals surface area contributed by atoms with Crippen molar-refractivity contribution < 1.29 is 35.7 Å². The maximum absolute atomic E-state index is 13.7. The number of nitrogens with one attached hydrogen (secondary N) is 1. The summed E-state index contributed by atoms with van der Waals surface area (Å²) in [6.45, 7) is 1.26. The zero-order valence-electron chi connectivity index (χ0n) is 16.8. The van der Waals surface area contributed by atoms with Gasteiger partial charge >= 0.3 is 12.4 Å². The van der Waals surface area contributed by atoms with Crippen molar-refractivity contribution in [1.82, 2.24) is 14.9 Å². The van der Waals surface area contributed by atoms with E-state index in [2.05, 4.69) is 15.6 Å². The highest BCUT2D eigenvalue weighted by molar-refractivity contribution is 6.08. The Morgan fingerprint density at radius 2 is 1.73 bits per heavy atom. The molecule has 0 fully saturated rings. The van der Waals surface area contributed by atoms with Crippen LogP contribution in [0.15, 0.2) is 53.3 Å². The molecule has 1 N–H and O–H groups in total. The molecule has 4 aromatic rings. The number of hydrogen-bond acceptors (Lipinski definition) is 4. The highest BCUT2D eigenvalue weighted by Gasteiger charge is 2.35. The van der Waals surface area contributed by atoms with E-state index in [4.69, 9.17) is 4.52 Å². The minimum absolute atomic E-state index is 0.0131. The zero-order valence-corrected chi connectivity index (χ0v) is 16.8. The lowest BCUT2D eigenvalue weighted by atomic mass is 10.1. The largest absolute Gasteiger partial charge is 0.418 e. The maximum atomic E-state index is 13.7. The lowest BCUT2D eigenvalue weighted by molar-refractivity contribution is -0.138. The van der Waals surface area contributed by atoms with E-state index in [0.717, 1.165) is 41.3 Å². The number of hydrogen-bond donors (Lipinski definition) is 1. The molecule has 2 aromatic carbocycles. The van der Waals surface area contributed by atoms with E-state index in [1.165, 1.54) is 19.1 Å². The summed E-state index contributed by atoms with van der Waals surface area (Å²) in [5.74, 6) is -0.833. The highest BCUT2D eigenvalue weighted by Crippen LogP contribution is 2.37. The molecular weight excluding hydrogens is 454 g/mol. The molecule has 0 aliphatic heterocycles. The number of nitrogens with zero attached hydrogens (tertiary/aromatic N) is 3. The second-order valence-electron chi connectivity index (χ2n) is 7.17. The molecule has 2 aromatic heterocycles. The number of carbonyl (C=O) groups is 1. The van der Waals surface area contributed by atoms with Gasteiger partial charge in [-0.1, -0.05) is 23.4 Å². The molecule has 0 aliphatic carbocycles. The Morgan fingerprint density at radius 1 is 1.03 bits per heavy atom. The summed E-state index contributed by atoms with van der Waals surface area (Å²) in [5, 5.41) is 10.2. The first kappa shape index (κ1) is 22.4. The van der Waals surface area contributed by atoms with Crippen LogP contribution in [-0.4, -0.2) is 20.8 Å². The number of para-hydroxylation sites is 1. The Balaban J connectivity index is 1.78. The SMILES string of the molecule is Cc1nocc1C(=O)Nc1nn(Cc2ccc(C(F)(F)F)cc2)c2c(C(F)(F)F)cccc12. The number of aromatic nitrogens is 3. The molecule has 0 bridgehead atoms. The van der Waals surface area contributed by atoms with E-state index in [9.17, 15) is 31.1 Å². The quantitative estimate of drug-likeness (QED) is 0.392. The van der Waals surface area contributed by atoms with E-state index < -0.39 is 29.4 Å². The molecule has 33 heavy (non-hydrogen) atoms. The summed E-state index contributed by atoms with van der Waals surface area (Å²) in [6.07, 6.45) is -8.19. The van der Waals surface area contributed by atoms with Gasteiger partial charge in [-0.15, -0.1) is 0 Å².